The molecule has 118 valence electrons. The molecular formula is C18H20N4O. The minimum atomic E-state index is -0.0712. The van der Waals surface area contributed by atoms with Crippen molar-refractivity contribution in [2.75, 3.05) is 6.54 Å². The highest BCUT2D eigenvalue weighted by Crippen LogP contribution is 2.20. The van der Waals surface area contributed by atoms with E-state index >= 15 is 0 Å². The molecule has 3 aromatic rings. The predicted octanol–water partition coefficient (Wildman–Crippen LogP) is 3.04. The summed E-state index contributed by atoms with van der Waals surface area (Å²) in [6.07, 6.45) is 5.39. The standard InChI is InChI=1S/C18H20N4O/c1-12-4-5-17-15(8-12)16(9-13(2)21-17)18(23)20-10-14(3)22-7-6-19-11-22/h4-9,11,14H,10H2,1-3H3,(H,20,23)/t14-/m1/s1. The van der Waals surface area contributed by atoms with Gasteiger partial charge in [0.05, 0.1) is 17.4 Å². The highest BCUT2D eigenvalue weighted by molar-refractivity contribution is 6.06. The van der Waals surface area contributed by atoms with Crippen molar-refractivity contribution in [3.63, 3.8) is 0 Å². The number of pyridine rings is 1. The first-order chi connectivity index (χ1) is 11.0. The molecule has 23 heavy (non-hydrogen) atoms. The number of carbonyl (C=O) groups excluding carboxylic acids is 1. The summed E-state index contributed by atoms with van der Waals surface area (Å²) in [7, 11) is 0. The molecule has 0 bridgehead atoms. The lowest BCUT2D eigenvalue weighted by molar-refractivity contribution is 0.0950. The molecule has 0 fully saturated rings. The molecule has 3 rings (SSSR count). The summed E-state index contributed by atoms with van der Waals surface area (Å²) in [5, 5.41) is 3.90. The molecule has 1 N–H and O–H groups in total. The molecule has 0 aliphatic rings. The molecular weight excluding hydrogens is 288 g/mol. The summed E-state index contributed by atoms with van der Waals surface area (Å²) in [6, 6.07) is 7.98. The number of carbonyl (C=O) groups is 1. The molecule has 2 heterocycles. The molecule has 0 unspecified atom stereocenters. The van der Waals surface area contributed by atoms with Crippen LogP contribution < -0.4 is 5.32 Å². The van der Waals surface area contributed by atoms with E-state index in [4.69, 9.17) is 0 Å². The number of hydrogen-bond acceptors (Lipinski definition) is 3. The van der Waals surface area contributed by atoms with E-state index in [-0.39, 0.29) is 11.9 Å². The van der Waals surface area contributed by atoms with Crippen molar-refractivity contribution >= 4 is 16.8 Å². The van der Waals surface area contributed by atoms with Crippen LogP contribution in [0, 0.1) is 13.8 Å². The lowest BCUT2D eigenvalue weighted by Gasteiger charge is -2.15. The maximum atomic E-state index is 12.6. The minimum Gasteiger partial charge on any atom is -0.350 e. The Hall–Kier alpha value is -2.69. The van der Waals surface area contributed by atoms with Crippen LogP contribution in [0.25, 0.3) is 10.9 Å². The van der Waals surface area contributed by atoms with Crippen LogP contribution in [0.3, 0.4) is 0 Å². The number of fused-ring (bicyclic) bond motifs is 1. The zero-order valence-electron chi connectivity index (χ0n) is 13.6. The van der Waals surface area contributed by atoms with Crippen LogP contribution in [0.1, 0.15) is 34.6 Å². The van der Waals surface area contributed by atoms with Crippen LogP contribution in [0.15, 0.2) is 43.0 Å². The largest absolute Gasteiger partial charge is 0.350 e. The molecule has 0 aliphatic carbocycles. The summed E-state index contributed by atoms with van der Waals surface area (Å²) >= 11 is 0. The Morgan fingerprint density at radius 3 is 2.87 bits per heavy atom. The number of hydrogen-bond donors (Lipinski definition) is 1. The van der Waals surface area contributed by atoms with Crippen molar-refractivity contribution in [2.24, 2.45) is 0 Å². The van der Waals surface area contributed by atoms with Crippen molar-refractivity contribution in [3.8, 4) is 0 Å². The van der Waals surface area contributed by atoms with Gasteiger partial charge < -0.3 is 9.88 Å². The van der Waals surface area contributed by atoms with Gasteiger partial charge in [0.1, 0.15) is 0 Å². The summed E-state index contributed by atoms with van der Waals surface area (Å²) in [4.78, 5) is 21.2. The first kappa shape index (κ1) is 15.2. The highest BCUT2D eigenvalue weighted by atomic mass is 16.1. The average Bonchev–Trinajstić information content (AvgIpc) is 3.06. The third kappa shape index (κ3) is 3.23. The number of rotatable bonds is 4. The molecule has 0 aliphatic heterocycles. The first-order valence-corrected chi connectivity index (χ1v) is 7.68. The molecule has 2 aromatic heterocycles. The maximum absolute atomic E-state index is 12.6. The van der Waals surface area contributed by atoms with Gasteiger partial charge in [0.25, 0.3) is 5.91 Å². The Morgan fingerprint density at radius 1 is 1.30 bits per heavy atom. The first-order valence-electron chi connectivity index (χ1n) is 7.68. The Bertz CT molecular complexity index is 840. The van der Waals surface area contributed by atoms with Gasteiger partial charge in [-0.15, -0.1) is 0 Å². The van der Waals surface area contributed by atoms with Crippen molar-refractivity contribution in [3.05, 3.63) is 59.8 Å². The van der Waals surface area contributed by atoms with E-state index in [1.807, 2.05) is 55.8 Å². The SMILES string of the molecule is Cc1ccc2nc(C)cc(C(=O)NC[C@@H](C)n3ccnc3)c2c1. The fourth-order valence-electron chi connectivity index (χ4n) is 2.63. The number of imidazole rings is 1. The van der Waals surface area contributed by atoms with Crippen LogP contribution in [-0.4, -0.2) is 27.0 Å². The Balaban J connectivity index is 1.84. The van der Waals surface area contributed by atoms with E-state index in [1.165, 1.54) is 0 Å². The zero-order valence-corrected chi connectivity index (χ0v) is 13.6. The van der Waals surface area contributed by atoms with Crippen LogP contribution in [0.2, 0.25) is 0 Å². The van der Waals surface area contributed by atoms with Gasteiger partial charge >= 0.3 is 0 Å². The monoisotopic (exact) mass is 308 g/mol. The zero-order chi connectivity index (χ0) is 16.4. The van der Waals surface area contributed by atoms with Gasteiger partial charge in [-0.25, -0.2) is 4.98 Å². The number of nitrogens with zero attached hydrogens (tertiary/aromatic N) is 3. The van der Waals surface area contributed by atoms with Gasteiger partial charge in [-0.2, -0.15) is 0 Å². The second kappa shape index (κ2) is 6.20. The predicted molar refractivity (Wildman–Crippen MR) is 90.5 cm³/mol. The van der Waals surface area contributed by atoms with E-state index < -0.39 is 0 Å². The fourth-order valence-corrected chi connectivity index (χ4v) is 2.63. The van der Waals surface area contributed by atoms with E-state index in [9.17, 15) is 4.79 Å². The normalized spacial score (nSPS) is 12.3. The molecule has 0 spiro atoms. The molecule has 0 radical (unpaired) electrons. The molecule has 1 amide bonds. The number of amides is 1. The second-order valence-corrected chi connectivity index (χ2v) is 5.90. The second-order valence-electron chi connectivity index (χ2n) is 5.90. The van der Waals surface area contributed by atoms with Gasteiger partial charge in [-0.3, -0.25) is 9.78 Å². The minimum absolute atomic E-state index is 0.0712. The molecule has 0 saturated carbocycles. The van der Waals surface area contributed by atoms with E-state index in [0.29, 0.717) is 12.1 Å². The Morgan fingerprint density at radius 2 is 2.13 bits per heavy atom. The van der Waals surface area contributed by atoms with Gasteiger partial charge in [-0.05, 0) is 39.0 Å². The lowest BCUT2D eigenvalue weighted by atomic mass is 10.0. The van der Waals surface area contributed by atoms with Crippen LogP contribution >= 0.6 is 0 Å². The van der Waals surface area contributed by atoms with Crippen molar-refractivity contribution in [2.45, 2.75) is 26.8 Å². The van der Waals surface area contributed by atoms with Gasteiger partial charge in [-0.1, -0.05) is 11.6 Å². The summed E-state index contributed by atoms with van der Waals surface area (Å²) < 4.78 is 1.97. The quantitative estimate of drug-likeness (QED) is 0.806. The van der Waals surface area contributed by atoms with Crippen LogP contribution in [0.4, 0.5) is 0 Å². The van der Waals surface area contributed by atoms with E-state index in [0.717, 1.165) is 22.2 Å². The third-order valence-electron chi connectivity index (χ3n) is 3.93. The number of aromatic nitrogens is 3. The summed E-state index contributed by atoms with van der Waals surface area (Å²) in [6.45, 7) is 6.51. The molecule has 5 heteroatoms. The van der Waals surface area contributed by atoms with Gasteiger partial charge in [0, 0.05) is 36.1 Å². The number of aryl methyl sites for hydroxylation is 2. The number of benzene rings is 1. The van der Waals surface area contributed by atoms with Crippen LogP contribution in [0.5, 0.6) is 0 Å². The summed E-state index contributed by atoms with van der Waals surface area (Å²) in [5.74, 6) is -0.0712. The molecule has 1 atom stereocenters. The van der Waals surface area contributed by atoms with E-state index in [2.05, 4.69) is 15.3 Å². The molecule has 0 saturated heterocycles. The maximum Gasteiger partial charge on any atom is 0.252 e. The Labute approximate surface area is 135 Å². The van der Waals surface area contributed by atoms with Gasteiger partial charge in [0.15, 0.2) is 0 Å². The third-order valence-corrected chi connectivity index (χ3v) is 3.93. The molecule has 1 aromatic carbocycles. The topological polar surface area (TPSA) is 59.8 Å². The average molecular weight is 308 g/mol. The lowest BCUT2D eigenvalue weighted by Crippen LogP contribution is -2.29. The van der Waals surface area contributed by atoms with E-state index in [1.54, 1.807) is 12.5 Å². The van der Waals surface area contributed by atoms with Crippen molar-refractivity contribution < 1.29 is 4.79 Å². The number of nitrogens with one attached hydrogen (secondary N) is 1. The van der Waals surface area contributed by atoms with Gasteiger partial charge in [0.2, 0.25) is 0 Å². The smallest absolute Gasteiger partial charge is 0.252 e. The molecule has 5 nitrogen and oxygen atoms in total. The van der Waals surface area contributed by atoms with Crippen molar-refractivity contribution in [1.29, 1.82) is 0 Å². The van der Waals surface area contributed by atoms with Crippen molar-refractivity contribution in [1.82, 2.24) is 19.9 Å². The highest BCUT2D eigenvalue weighted by Gasteiger charge is 2.13. The van der Waals surface area contributed by atoms with Crippen LogP contribution in [-0.2, 0) is 0 Å². The fraction of sp³-hybridized carbons (Fsp3) is 0.278. The summed E-state index contributed by atoms with van der Waals surface area (Å²) in [5.41, 5.74) is 3.48. The Kier molecular flexibility index (Phi) is 4.10.